The Balaban J connectivity index is 2.30. The van der Waals surface area contributed by atoms with E-state index in [2.05, 4.69) is 0 Å². The number of rotatable bonds is 2. The molecule has 0 radical (unpaired) electrons. The fourth-order valence-electron chi connectivity index (χ4n) is 1.72. The molecule has 0 atom stereocenters. The summed E-state index contributed by atoms with van der Waals surface area (Å²) in [5.41, 5.74) is 2.93. The Morgan fingerprint density at radius 1 is 1.06 bits per heavy atom. The molecule has 0 spiro atoms. The molecule has 0 heterocycles. The van der Waals surface area contributed by atoms with Gasteiger partial charge in [0.05, 0.1) is 0 Å². The fourth-order valence-corrected chi connectivity index (χ4v) is 1.72. The number of hydrogen-bond donors (Lipinski definition) is 1. The summed E-state index contributed by atoms with van der Waals surface area (Å²) in [4.78, 5) is 0. The number of aromatic hydroxyl groups is 1. The van der Waals surface area contributed by atoms with Gasteiger partial charge >= 0.3 is 0 Å². The van der Waals surface area contributed by atoms with Gasteiger partial charge in [0.2, 0.25) is 0 Å². The van der Waals surface area contributed by atoms with Crippen molar-refractivity contribution in [2.24, 2.45) is 0 Å². The first-order valence-corrected chi connectivity index (χ1v) is 5.19. The Hall–Kier alpha value is -1.83. The van der Waals surface area contributed by atoms with Gasteiger partial charge in [-0.1, -0.05) is 24.3 Å². The molecule has 0 fully saturated rings. The minimum absolute atomic E-state index is 0.238. The summed E-state index contributed by atoms with van der Waals surface area (Å²) in [6.45, 7) is 1.96. The fraction of sp³-hybridized carbons (Fsp3) is 0.143. The lowest BCUT2D eigenvalue weighted by molar-refractivity contribution is 0.469. The predicted molar refractivity (Wildman–Crippen MR) is 62.0 cm³/mol. The molecule has 2 aromatic carbocycles. The third kappa shape index (κ3) is 2.22. The van der Waals surface area contributed by atoms with Crippen LogP contribution in [0.5, 0.6) is 5.75 Å². The summed E-state index contributed by atoms with van der Waals surface area (Å²) in [6, 6.07) is 11.8. The molecule has 2 heteroatoms. The molecule has 0 aliphatic heterocycles. The number of phenolic OH excluding ortho intramolecular Hbond substituents is 1. The number of phenols is 1. The molecule has 0 aromatic heterocycles. The van der Waals surface area contributed by atoms with Crippen LogP contribution >= 0.6 is 0 Å². The number of halogens is 1. The normalized spacial score (nSPS) is 10.4. The van der Waals surface area contributed by atoms with E-state index < -0.39 is 0 Å². The lowest BCUT2D eigenvalue weighted by Crippen LogP contribution is -1.92. The Bertz CT molecular complexity index is 468. The van der Waals surface area contributed by atoms with Crippen LogP contribution in [0, 0.1) is 12.7 Å². The molecule has 16 heavy (non-hydrogen) atoms. The van der Waals surface area contributed by atoms with Crippen molar-refractivity contribution in [2.75, 3.05) is 0 Å². The van der Waals surface area contributed by atoms with Gasteiger partial charge in [0, 0.05) is 12.0 Å². The first-order chi connectivity index (χ1) is 7.66. The summed E-state index contributed by atoms with van der Waals surface area (Å²) in [5, 5.41) is 9.73. The van der Waals surface area contributed by atoms with Crippen LogP contribution in [-0.4, -0.2) is 5.11 Å². The molecule has 0 saturated carbocycles. The third-order valence-electron chi connectivity index (χ3n) is 2.68. The number of benzene rings is 2. The highest BCUT2D eigenvalue weighted by Gasteiger charge is 2.05. The lowest BCUT2D eigenvalue weighted by Gasteiger charge is -2.08. The van der Waals surface area contributed by atoms with Crippen LogP contribution < -0.4 is 0 Å². The van der Waals surface area contributed by atoms with E-state index in [9.17, 15) is 9.50 Å². The number of hydrogen-bond acceptors (Lipinski definition) is 1. The number of aryl methyl sites for hydroxylation is 1. The molecule has 0 bridgehead atoms. The van der Waals surface area contributed by atoms with Gasteiger partial charge in [0.1, 0.15) is 11.6 Å². The zero-order valence-corrected chi connectivity index (χ0v) is 9.07. The standard InChI is InChI=1S/C14H13FO/c1-10-3-2-4-14(16)13(10)9-11-5-7-12(15)8-6-11/h2-8,16H,9H2,1H3. The van der Waals surface area contributed by atoms with Crippen molar-refractivity contribution >= 4 is 0 Å². The predicted octanol–water partition coefficient (Wildman–Crippen LogP) is 3.43. The third-order valence-corrected chi connectivity index (χ3v) is 2.68. The van der Waals surface area contributed by atoms with Gasteiger partial charge < -0.3 is 5.11 Å². The zero-order chi connectivity index (χ0) is 11.5. The van der Waals surface area contributed by atoms with Crippen molar-refractivity contribution in [3.8, 4) is 5.75 Å². The van der Waals surface area contributed by atoms with Crippen LogP contribution in [0.1, 0.15) is 16.7 Å². The highest BCUT2D eigenvalue weighted by molar-refractivity contribution is 5.41. The van der Waals surface area contributed by atoms with Crippen molar-refractivity contribution in [1.82, 2.24) is 0 Å². The smallest absolute Gasteiger partial charge is 0.123 e. The molecule has 0 amide bonds. The van der Waals surface area contributed by atoms with Crippen LogP contribution in [0.4, 0.5) is 4.39 Å². The summed E-state index contributed by atoms with van der Waals surface area (Å²) in [7, 11) is 0. The van der Waals surface area contributed by atoms with E-state index in [-0.39, 0.29) is 5.82 Å². The van der Waals surface area contributed by atoms with Crippen molar-refractivity contribution < 1.29 is 9.50 Å². The average molecular weight is 216 g/mol. The minimum atomic E-state index is -0.238. The van der Waals surface area contributed by atoms with E-state index in [4.69, 9.17) is 0 Å². The molecule has 2 rings (SSSR count). The van der Waals surface area contributed by atoms with Gasteiger partial charge in [-0.15, -0.1) is 0 Å². The van der Waals surface area contributed by atoms with Crippen molar-refractivity contribution in [3.63, 3.8) is 0 Å². The Labute approximate surface area is 94.2 Å². The van der Waals surface area contributed by atoms with Gasteiger partial charge in [-0.3, -0.25) is 0 Å². The molecule has 0 aliphatic carbocycles. The van der Waals surface area contributed by atoms with Crippen LogP contribution in [0.3, 0.4) is 0 Å². The monoisotopic (exact) mass is 216 g/mol. The Morgan fingerprint density at radius 2 is 1.75 bits per heavy atom. The van der Waals surface area contributed by atoms with E-state index in [1.54, 1.807) is 18.2 Å². The molecular formula is C14H13FO. The Morgan fingerprint density at radius 3 is 2.38 bits per heavy atom. The van der Waals surface area contributed by atoms with Crippen LogP contribution in [0.25, 0.3) is 0 Å². The van der Waals surface area contributed by atoms with Gasteiger partial charge in [0.15, 0.2) is 0 Å². The first kappa shape index (κ1) is 10.7. The molecule has 2 aromatic rings. The topological polar surface area (TPSA) is 20.2 Å². The van der Waals surface area contributed by atoms with Crippen molar-refractivity contribution in [1.29, 1.82) is 0 Å². The van der Waals surface area contributed by atoms with E-state index in [1.165, 1.54) is 12.1 Å². The summed E-state index contributed by atoms with van der Waals surface area (Å²) in [5.74, 6) is 0.0575. The van der Waals surface area contributed by atoms with E-state index in [0.29, 0.717) is 12.2 Å². The molecule has 1 N–H and O–H groups in total. The lowest BCUT2D eigenvalue weighted by atomic mass is 10.00. The van der Waals surface area contributed by atoms with Crippen LogP contribution in [-0.2, 0) is 6.42 Å². The second kappa shape index (κ2) is 4.35. The SMILES string of the molecule is Cc1cccc(O)c1Cc1ccc(F)cc1. The minimum Gasteiger partial charge on any atom is -0.508 e. The van der Waals surface area contributed by atoms with Gasteiger partial charge in [0.25, 0.3) is 0 Å². The molecule has 82 valence electrons. The maximum absolute atomic E-state index is 12.7. The quantitative estimate of drug-likeness (QED) is 0.815. The van der Waals surface area contributed by atoms with E-state index >= 15 is 0 Å². The molecule has 0 saturated heterocycles. The molecule has 1 nitrogen and oxygen atoms in total. The van der Waals surface area contributed by atoms with E-state index in [1.807, 2.05) is 19.1 Å². The van der Waals surface area contributed by atoms with Gasteiger partial charge in [-0.05, 0) is 36.2 Å². The van der Waals surface area contributed by atoms with Crippen molar-refractivity contribution in [2.45, 2.75) is 13.3 Å². The molecule has 0 unspecified atom stereocenters. The zero-order valence-electron chi connectivity index (χ0n) is 9.07. The maximum Gasteiger partial charge on any atom is 0.123 e. The van der Waals surface area contributed by atoms with Gasteiger partial charge in [-0.2, -0.15) is 0 Å². The van der Waals surface area contributed by atoms with Crippen LogP contribution in [0.15, 0.2) is 42.5 Å². The molecule has 0 aliphatic rings. The van der Waals surface area contributed by atoms with Gasteiger partial charge in [-0.25, -0.2) is 4.39 Å². The summed E-state index contributed by atoms with van der Waals surface area (Å²) >= 11 is 0. The maximum atomic E-state index is 12.7. The summed E-state index contributed by atoms with van der Waals surface area (Å²) in [6.07, 6.45) is 0.624. The molecular weight excluding hydrogens is 203 g/mol. The Kier molecular flexibility index (Phi) is 2.91. The highest BCUT2D eigenvalue weighted by Crippen LogP contribution is 2.23. The second-order valence-corrected chi connectivity index (χ2v) is 3.88. The van der Waals surface area contributed by atoms with Crippen LogP contribution in [0.2, 0.25) is 0 Å². The summed E-state index contributed by atoms with van der Waals surface area (Å²) < 4.78 is 12.7. The highest BCUT2D eigenvalue weighted by atomic mass is 19.1. The largest absolute Gasteiger partial charge is 0.508 e. The first-order valence-electron chi connectivity index (χ1n) is 5.19. The average Bonchev–Trinajstić information content (AvgIpc) is 2.26. The van der Waals surface area contributed by atoms with E-state index in [0.717, 1.165) is 16.7 Å². The second-order valence-electron chi connectivity index (χ2n) is 3.88. The van der Waals surface area contributed by atoms with Crippen molar-refractivity contribution in [3.05, 3.63) is 65.0 Å².